The molecule has 1 aliphatic heterocycles. The number of nitrogens with zero attached hydrogens (tertiary/aromatic N) is 1. The van der Waals surface area contributed by atoms with Gasteiger partial charge in [0.25, 0.3) is 0 Å². The van der Waals surface area contributed by atoms with Gasteiger partial charge < -0.3 is 10.0 Å². The van der Waals surface area contributed by atoms with Gasteiger partial charge >= 0.3 is 0 Å². The number of aliphatic hydroxyl groups excluding tert-OH is 1. The fourth-order valence-corrected chi connectivity index (χ4v) is 2.96. The van der Waals surface area contributed by atoms with Crippen molar-refractivity contribution in [2.75, 3.05) is 26.2 Å². The summed E-state index contributed by atoms with van der Waals surface area (Å²) in [5.74, 6) is 0.247. The van der Waals surface area contributed by atoms with Crippen LogP contribution in [-0.2, 0) is 0 Å². The molecule has 0 aliphatic carbocycles. The highest BCUT2D eigenvalue weighted by Gasteiger charge is 2.27. The number of carbonyl (C=O) groups is 1. The molecular formula is C15H20ClNO2. The Balaban J connectivity index is 2.10. The fourth-order valence-electron chi connectivity index (χ4n) is 2.74. The van der Waals surface area contributed by atoms with Crippen LogP contribution in [0.25, 0.3) is 0 Å². The number of halogens is 1. The number of hydrogen-bond donors (Lipinski definition) is 1. The SMILES string of the molecule is Cc1cc(Cl)ccc1C(=O)C1CCCN(CCO)C1. The number of hydrogen-bond acceptors (Lipinski definition) is 3. The van der Waals surface area contributed by atoms with Gasteiger partial charge in [0.1, 0.15) is 0 Å². The Morgan fingerprint density at radius 1 is 1.53 bits per heavy atom. The molecule has 1 unspecified atom stereocenters. The average Bonchev–Trinajstić information content (AvgIpc) is 2.39. The van der Waals surface area contributed by atoms with Crippen molar-refractivity contribution in [3.05, 3.63) is 34.3 Å². The van der Waals surface area contributed by atoms with Crippen LogP contribution in [0.2, 0.25) is 5.02 Å². The van der Waals surface area contributed by atoms with E-state index < -0.39 is 0 Å². The van der Waals surface area contributed by atoms with E-state index in [1.807, 2.05) is 19.1 Å². The predicted molar refractivity (Wildman–Crippen MR) is 76.8 cm³/mol. The van der Waals surface area contributed by atoms with E-state index in [1.165, 1.54) is 0 Å². The first-order valence-electron chi connectivity index (χ1n) is 6.75. The zero-order chi connectivity index (χ0) is 13.8. The number of carbonyl (C=O) groups excluding carboxylic acids is 1. The van der Waals surface area contributed by atoms with Crippen LogP contribution in [0.4, 0.5) is 0 Å². The second kappa shape index (κ2) is 6.51. The lowest BCUT2D eigenvalue weighted by atomic mass is 9.88. The Morgan fingerprint density at radius 3 is 3.00 bits per heavy atom. The molecule has 1 aliphatic rings. The molecule has 1 N–H and O–H groups in total. The molecule has 1 aromatic carbocycles. The molecule has 1 atom stereocenters. The highest BCUT2D eigenvalue weighted by Crippen LogP contribution is 2.24. The number of rotatable bonds is 4. The largest absolute Gasteiger partial charge is 0.395 e. The third-order valence-corrected chi connectivity index (χ3v) is 3.98. The van der Waals surface area contributed by atoms with Crippen molar-refractivity contribution in [1.29, 1.82) is 0 Å². The maximum Gasteiger partial charge on any atom is 0.167 e. The Morgan fingerprint density at radius 2 is 2.32 bits per heavy atom. The van der Waals surface area contributed by atoms with Gasteiger partial charge in [-0.05, 0) is 50.1 Å². The lowest BCUT2D eigenvalue weighted by molar-refractivity contribution is 0.0793. The summed E-state index contributed by atoms with van der Waals surface area (Å²) >= 11 is 5.92. The molecule has 1 heterocycles. The molecule has 104 valence electrons. The van der Waals surface area contributed by atoms with Crippen LogP contribution in [0, 0.1) is 12.8 Å². The van der Waals surface area contributed by atoms with E-state index in [0.29, 0.717) is 11.6 Å². The number of ketones is 1. The molecule has 0 bridgehead atoms. The minimum atomic E-state index is 0.0418. The van der Waals surface area contributed by atoms with Crippen LogP contribution in [0.5, 0.6) is 0 Å². The number of Topliss-reactive ketones (excluding diaryl/α,β-unsaturated/α-hetero) is 1. The van der Waals surface area contributed by atoms with E-state index in [9.17, 15) is 4.79 Å². The van der Waals surface area contributed by atoms with E-state index in [-0.39, 0.29) is 18.3 Å². The van der Waals surface area contributed by atoms with Gasteiger partial charge in [-0.25, -0.2) is 0 Å². The third kappa shape index (κ3) is 3.56. The van der Waals surface area contributed by atoms with Crippen molar-refractivity contribution in [3.63, 3.8) is 0 Å². The summed E-state index contributed by atoms with van der Waals surface area (Å²) in [6, 6.07) is 5.43. The lowest BCUT2D eigenvalue weighted by Gasteiger charge is -2.31. The van der Waals surface area contributed by atoms with Crippen molar-refractivity contribution in [2.24, 2.45) is 5.92 Å². The lowest BCUT2D eigenvalue weighted by Crippen LogP contribution is -2.40. The molecule has 0 amide bonds. The van der Waals surface area contributed by atoms with Gasteiger partial charge in [-0.3, -0.25) is 4.79 Å². The topological polar surface area (TPSA) is 40.5 Å². The quantitative estimate of drug-likeness (QED) is 0.862. The van der Waals surface area contributed by atoms with Crippen LogP contribution in [0.3, 0.4) is 0 Å². The molecule has 3 nitrogen and oxygen atoms in total. The molecule has 1 aromatic rings. The maximum absolute atomic E-state index is 12.5. The molecular weight excluding hydrogens is 262 g/mol. The minimum absolute atomic E-state index is 0.0418. The predicted octanol–water partition coefficient (Wildman–Crippen LogP) is 2.54. The van der Waals surface area contributed by atoms with Crippen LogP contribution in [0.1, 0.15) is 28.8 Å². The summed E-state index contributed by atoms with van der Waals surface area (Å²) in [6.07, 6.45) is 1.95. The first kappa shape index (κ1) is 14.5. The zero-order valence-electron chi connectivity index (χ0n) is 11.2. The molecule has 1 fully saturated rings. The standard InChI is InChI=1S/C15H20ClNO2/c1-11-9-13(16)4-5-14(11)15(19)12-3-2-6-17(10-12)7-8-18/h4-5,9,12,18H,2-3,6-8,10H2,1H3. The fraction of sp³-hybridized carbons (Fsp3) is 0.533. The second-order valence-corrected chi connectivity index (χ2v) is 5.62. The van der Waals surface area contributed by atoms with Gasteiger partial charge in [-0.2, -0.15) is 0 Å². The van der Waals surface area contributed by atoms with Gasteiger partial charge in [0.2, 0.25) is 0 Å². The van der Waals surface area contributed by atoms with Crippen molar-refractivity contribution < 1.29 is 9.90 Å². The Hall–Kier alpha value is -0.900. The van der Waals surface area contributed by atoms with Crippen LogP contribution >= 0.6 is 11.6 Å². The molecule has 0 radical (unpaired) electrons. The summed E-state index contributed by atoms with van der Waals surface area (Å²) in [4.78, 5) is 14.7. The Bertz CT molecular complexity index is 459. The highest BCUT2D eigenvalue weighted by molar-refractivity contribution is 6.30. The summed E-state index contributed by atoms with van der Waals surface area (Å²) in [7, 11) is 0. The van der Waals surface area contributed by atoms with Crippen molar-refractivity contribution in [1.82, 2.24) is 4.90 Å². The van der Waals surface area contributed by atoms with E-state index in [0.717, 1.165) is 37.1 Å². The van der Waals surface area contributed by atoms with Gasteiger partial charge in [-0.15, -0.1) is 0 Å². The number of benzene rings is 1. The maximum atomic E-state index is 12.5. The first-order chi connectivity index (χ1) is 9.11. The summed E-state index contributed by atoms with van der Waals surface area (Å²) in [5.41, 5.74) is 1.72. The third-order valence-electron chi connectivity index (χ3n) is 3.75. The van der Waals surface area contributed by atoms with E-state index in [1.54, 1.807) is 6.07 Å². The summed E-state index contributed by atoms with van der Waals surface area (Å²) in [6.45, 7) is 4.46. The monoisotopic (exact) mass is 281 g/mol. The van der Waals surface area contributed by atoms with E-state index in [2.05, 4.69) is 4.90 Å². The number of β-amino-alcohol motifs (C(OH)–C–C–N with tert-alkyl or cyclic N) is 1. The molecule has 0 saturated carbocycles. The zero-order valence-corrected chi connectivity index (χ0v) is 12.0. The van der Waals surface area contributed by atoms with Gasteiger partial charge in [0, 0.05) is 29.6 Å². The highest BCUT2D eigenvalue weighted by atomic mass is 35.5. The van der Waals surface area contributed by atoms with Crippen molar-refractivity contribution in [3.8, 4) is 0 Å². The van der Waals surface area contributed by atoms with Gasteiger partial charge in [0.15, 0.2) is 5.78 Å². The summed E-state index contributed by atoms with van der Waals surface area (Å²) in [5, 5.41) is 9.66. The van der Waals surface area contributed by atoms with Crippen molar-refractivity contribution >= 4 is 17.4 Å². The number of aliphatic hydroxyl groups is 1. The van der Waals surface area contributed by atoms with Crippen LogP contribution < -0.4 is 0 Å². The van der Waals surface area contributed by atoms with Crippen LogP contribution in [-0.4, -0.2) is 42.0 Å². The van der Waals surface area contributed by atoms with E-state index >= 15 is 0 Å². The molecule has 4 heteroatoms. The first-order valence-corrected chi connectivity index (χ1v) is 7.13. The Labute approximate surface area is 119 Å². The minimum Gasteiger partial charge on any atom is -0.395 e. The number of aryl methyl sites for hydroxylation is 1. The normalized spacial score (nSPS) is 20.5. The summed E-state index contributed by atoms with van der Waals surface area (Å²) < 4.78 is 0. The molecule has 0 aromatic heterocycles. The molecule has 0 spiro atoms. The number of piperidine rings is 1. The smallest absolute Gasteiger partial charge is 0.167 e. The van der Waals surface area contributed by atoms with Crippen LogP contribution in [0.15, 0.2) is 18.2 Å². The average molecular weight is 282 g/mol. The second-order valence-electron chi connectivity index (χ2n) is 5.19. The molecule has 2 rings (SSSR count). The van der Waals surface area contributed by atoms with E-state index in [4.69, 9.17) is 16.7 Å². The molecule has 1 saturated heterocycles. The van der Waals surface area contributed by atoms with Gasteiger partial charge in [0.05, 0.1) is 6.61 Å². The van der Waals surface area contributed by atoms with Crippen molar-refractivity contribution in [2.45, 2.75) is 19.8 Å². The molecule has 19 heavy (non-hydrogen) atoms. The number of likely N-dealkylation sites (tertiary alicyclic amines) is 1. The Kier molecular flexibility index (Phi) is 4.97. The van der Waals surface area contributed by atoms with Gasteiger partial charge in [-0.1, -0.05) is 11.6 Å².